The molecule has 0 bridgehead atoms. The van der Waals surface area contributed by atoms with Gasteiger partial charge in [-0.05, 0) is 44.5 Å². The molecule has 0 radical (unpaired) electrons. The van der Waals surface area contributed by atoms with E-state index in [1.807, 2.05) is 0 Å². The molecule has 3 heteroatoms. The van der Waals surface area contributed by atoms with Crippen LogP contribution in [0.25, 0.3) is 0 Å². The summed E-state index contributed by atoms with van der Waals surface area (Å²) < 4.78 is 0. The fourth-order valence-corrected chi connectivity index (χ4v) is 2.71. The zero-order chi connectivity index (χ0) is 14.4. The lowest BCUT2D eigenvalue weighted by atomic mass is 10.1. The molecule has 19 heavy (non-hydrogen) atoms. The van der Waals surface area contributed by atoms with Crippen LogP contribution in [0.15, 0.2) is 18.2 Å². The molecule has 0 heterocycles. The molecule has 2 unspecified atom stereocenters. The molecule has 0 aliphatic rings. The number of halogens is 1. The molecule has 0 saturated heterocycles. The molecule has 2 atom stereocenters. The van der Waals surface area contributed by atoms with Gasteiger partial charge < -0.3 is 10.2 Å². The molecule has 0 aliphatic carbocycles. The van der Waals surface area contributed by atoms with E-state index in [1.165, 1.54) is 24.1 Å². The highest BCUT2D eigenvalue weighted by atomic mass is 35.5. The van der Waals surface area contributed by atoms with Crippen molar-refractivity contribution in [2.24, 2.45) is 0 Å². The molecule has 1 rings (SSSR count). The van der Waals surface area contributed by atoms with Crippen LogP contribution in [-0.4, -0.2) is 19.6 Å². The van der Waals surface area contributed by atoms with Crippen molar-refractivity contribution in [2.45, 2.75) is 52.6 Å². The fraction of sp³-hybridized carbons (Fsp3) is 0.625. The van der Waals surface area contributed by atoms with Crippen LogP contribution >= 0.6 is 11.6 Å². The van der Waals surface area contributed by atoms with E-state index in [0.717, 1.165) is 11.6 Å². The van der Waals surface area contributed by atoms with E-state index in [4.69, 9.17) is 11.6 Å². The van der Waals surface area contributed by atoms with Crippen molar-refractivity contribution >= 4 is 17.3 Å². The van der Waals surface area contributed by atoms with Gasteiger partial charge in [0, 0.05) is 29.8 Å². The Morgan fingerprint density at radius 2 is 1.95 bits per heavy atom. The van der Waals surface area contributed by atoms with E-state index >= 15 is 0 Å². The summed E-state index contributed by atoms with van der Waals surface area (Å²) in [5.74, 6) is 0. The Morgan fingerprint density at radius 1 is 1.26 bits per heavy atom. The molecule has 2 nitrogen and oxygen atoms in total. The van der Waals surface area contributed by atoms with Crippen LogP contribution in [0.2, 0.25) is 5.02 Å². The summed E-state index contributed by atoms with van der Waals surface area (Å²) >= 11 is 6.42. The smallest absolute Gasteiger partial charge is 0.0474 e. The Morgan fingerprint density at radius 3 is 2.47 bits per heavy atom. The van der Waals surface area contributed by atoms with Crippen molar-refractivity contribution in [3.63, 3.8) is 0 Å². The van der Waals surface area contributed by atoms with Crippen molar-refractivity contribution in [3.8, 4) is 0 Å². The normalized spacial score (nSPS) is 14.2. The molecule has 0 saturated carbocycles. The van der Waals surface area contributed by atoms with E-state index in [0.29, 0.717) is 12.1 Å². The third-order valence-corrected chi connectivity index (χ3v) is 4.06. The predicted octanol–water partition coefficient (Wildman–Crippen LogP) is 4.64. The summed E-state index contributed by atoms with van der Waals surface area (Å²) in [6.45, 7) is 9.69. The first-order chi connectivity index (χ1) is 9.01. The number of hydrogen-bond donors (Lipinski definition) is 1. The standard InChI is InChI=1S/C16H27ClN2/c1-6-8-12(3)19(5)14-9-10-15(16(17)11-14)13(4)18-7-2/h9-13,18H,6-8H2,1-5H3. The van der Waals surface area contributed by atoms with Crippen LogP contribution in [0, 0.1) is 0 Å². The maximum atomic E-state index is 6.42. The highest BCUT2D eigenvalue weighted by molar-refractivity contribution is 6.31. The number of nitrogens with zero attached hydrogens (tertiary/aromatic N) is 1. The lowest BCUT2D eigenvalue weighted by Crippen LogP contribution is -2.28. The largest absolute Gasteiger partial charge is 0.372 e. The van der Waals surface area contributed by atoms with Crippen molar-refractivity contribution in [1.29, 1.82) is 0 Å². The Kier molecular flexibility index (Phi) is 6.67. The van der Waals surface area contributed by atoms with Crippen molar-refractivity contribution in [3.05, 3.63) is 28.8 Å². The Balaban J connectivity index is 2.87. The van der Waals surface area contributed by atoms with E-state index in [9.17, 15) is 0 Å². The van der Waals surface area contributed by atoms with Gasteiger partial charge in [0.1, 0.15) is 0 Å². The average molecular weight is 283 g/mol. The van der Waals surface area contributed by atoms with Gasteiger partial charge in [0.05, 0.1) is 0 Å². The number of anilines is 1. The number of benzene rings is 1. The SMILES string of the molecule is CCCC(C)N(C)c1ccc(C(C)NCC)c(Cl)c1. The zero-order valence-electron chi connectivity index (χ0n) is 12.8. The molecule has 0 amide bonds. The molecule has 0 aliphatic heterocycles. The number of hydrogen-bond acceptors (Lipinski definition) is 2. The highest BCUT2D eigenvalue weighted by Crippen LogP contribution is 2.28. The second-order valence-electron chi connectivity index (χ2n) is 5.23. The topological polar surface area (TPSA) is 15.3 Å². The molecule has 0 spiro atoms. The summed E-state index contributed by atoms with van der Waals surface area (Å²) in [5, 5.41) is 4.24. The molecule has 1 aromatic rings. The van der Waals surface area contributed by atoms with Gasteiger partial charge in [0.15, 0.2) is 0 Å². The van der Waals surface area contributed by atoms with Crippen molar-refractivity contribution in [1.82, 2.24) is 5.32 Å². The predicted molar refractivity (Wildman–Crippen MR) is 86.3 cm³/mol. The zero-order valence-corrected chi connectivity index (χ0v) is 13.6. The summed E-state index contributed by atoms with van der Waals surface area (Å²) in [5.41, 5.74) is 2.36. The number of nitrogens with one attached hydrogen (secondary N) is 1. The lowest BCUT2D eigenvalue weighted by molar-refractivity contribution is 0.597. The van der Waals surface area contributed by atoms with Crippen LogP contribution < -0.4 is 10.2 Å². The summed E-state index contributed by atoms with van der Waals surface area (Å²) in [6, 6.07) is 7.22. The average Bonchev–Trinajstić information content (AvgIpc) is 2.38. The maximum Gasteiger partial charge on any atom is 0.0474 e. The summed E-state index contributed by atoms with van der Waals surface area (Å²) in [7, 11) is 2.14. The second-order valence-corrected chi connectivity index (χ2v) is 5.64. The van der Waals surface area contributed by atoms with E-state index < -0.39 is 0 Å². The third-order valence-electron chi connectivity index (χ3n) is 3.74. The van der Waals surface area contributed by atoms with E-state index in [-0.39, 0.29) is 0 Å². The first kappa shape index (κ1) is 16.3. The van der Waals surface area contributed by atoms with Crippen LogP contribution in [0.3, 0.4) is 0 Å². The van der Waals surface area contributed by atoms with Gasteiger partial charge in [0.25, 0.3) is 0 Å². The monoisotopic (exact) mass is 282 g/mol. The molecule has 0 fully saturated rings. The van der Waals surface area contributed by atoms with Crippen molar-refractivity contribution in [2.75, 3.05) is 18.5 Å². The summed E-state index contributed by atoms with van der Waals surface area (Å²) in [4.78, 5) is 2.30. The molecular weight excluding hydrogens is 256 g/mol. The summed E-state index contributed by atoms with van der Waals surface area (Å²) in [6.07, 6.45) is 2.40. The Bertz CT molecular complexity index is 392. The van der Waals surface area contributed by atoms with Gasteiger partial charge >= 0.3 is 0 Å². The first-order valence-corrected chi connectivity index (χ1v) is 7.64. The first-order valence-electron chi connectivity index (χ1n) is 7.26. The van der Waals surface area contributed by atoms with Crippen LogP contribution in [-0.2, 0) is 0 Å². The highest BCUT2D eigenvalue weighted by Gasteiger charge is 2.13. The number of rotatable bonds is 7. The third kappa shape index (κ3) is 4.39. The van der Waals surface area contributed by atoms with Gasteiger partial charge in [-0.25, -0.2) is 0 Å². The minimum atomic E-state index is 0.296. The second kappa shape index (κ2) is 7.76. The van der Waals surface area contributed by atoms with E-state index in [1.54, 1.807) is 0 Å². The minimum absolute atomic E-state index is 0.296. The van der Waals surface area contributed by atoms with Crippen molar-refractivity contribution < 1.29 is 0 Å². The molecule has 0 aromatic heterocycles. The molecule has 1 N–H and O–H groups in total. The lowest BCUT2D eigenvalue weighted by Gasteiger charge is -2.27. The van der Waals surface area contributed by atoms with Crippen LogP contribution in [0.5, 0.6) is 0 Å². The Hall–Kier alpha value is -0.730. The van der Waals surface area contributed by atoms with Gasteiger partial charge in [0.2, 0.25) is 0 Å². The van der Waals surface area contributed by atoms with Crippen LogP contribution in [0.1, 0.15) is 52.1 Å². The fourth-order valence-electron chi connectivity index (χ4n) is 2.37. The molecule has 1 aromatic carbocycles. The van der Waals surface area contributed by atoms with Gasteiger partial charge in [-0.3, -0.25) is 0 Å². The van der Waals surface area contributed by atoms with Gasteiger partial charge in [-0.2, -0.15) is 0 Å². The van der Waals surface area contributed by atoms with E-state index in [2.05, 4.69) is 63.2 Å². The molecular formula is C16H27ClN2. The van der Waals surface area contributed by atoms with Crippen LogP contribution in [0.4, 0.5) is 5.69 Å². The maximum absolute atomic E-state index is 6.42. The Labute approximate surface area is 123 Å². The van der Waals surface area contributed by atoms with Gasteiger partial charge in [-0.15, -0.1) is 0 Å². The minimum Gasteiger partial charge on any atom is -0.372 e. The quantitative estimate of drug-likeness (QED) is 0.784. The van der Waals surface area contributed by atoms with Gasteiger partial charge in [-0.1, -0.05) is 37.9 Å². The molecule has 108 valence electrons.